The number of rotatable bonds is 5. The molecule has 1 rings (SSSR count). The molecule has 0 aromatic rings. The van der Waals surface area contributed by atoms with Crippen molar-refractivity contribution in [2.75, 3.05) is 46.4 Å². The predicted octanol–water partition coefficient (Wildman–Crippen LogP) is 0.810. The SMILES string of the molecule is CNCC(CN1CCOCC1)C(C)C. The molecule has 1 fully saturated rings. The van der Waals surface area contributed by atoms with E-state index in [1.807, 2.05) is 7.05 Å². The molecule has 14 heavy (non-hydrogen) atoms. The van der Waals surface area contributed by atoms with Crippen LogP contribution >= 0.6 is 0 Å². The third-order valence-corrected chi connectivity index (χ3v) is 3.01. The van der Waals surface area contributed by atoms with Crippen molar-refractivity contribution in [2.24, 2.45) is 11.8 Å². The highest BCUT2D eigenvalue weighted by atomic mass is 16.5. The predicted molar refractivity (Wildman–Crippen MR) is 59.5 cm³/mol. The molecule has 3 nitrogen and oxygen atoms in total. The molecule has 0 aromatic heterocycles. The fraction of sp³-hybridized carbons (Fsp3) is 1.00. The first-order valence-corrected chi connectivity index (χ1v) is 5.68. The largest absolute Gasteiger partial charge is 0.379 e. The molecule has 1 saturated heterocycles. The van der Waals surface area contributed by atoms with Gasteiger partial charge in [-0.2, -0.15) is 0 Å². The summed E-state index contributed by atoms with van der Waals surface area (Å²) in [6.45, 7) is 11.0. The number of ether oxygens (including phenoxy) is 1. The Balaban J connectivity index is 2.29. The Labute approximate surface area is 87.8 Å². The Kier molecular flexibility index (Phi) is 5.45. The van der Waals surface area contributed by atoms with Crippen LogP contribution in [0.15, 0.2) is 0 Å². The molecule has 0 saturated carbocycles. The summed E-state index contributed by atoms with van der Waals surface area (Å²) in [4.78, 5) is 2.52. The van der Waals surface area contributed by atoms with E-state index in [9.17, 15) is 0 Å². The molecule has 0 radical (unpaired) electrons. The Morgan fingerprint density at radius 1 is 1.29 bits per heavy atom. The van der Waals surface area contributed by atoms with Gasteiger partial charge in [-0.1, -0.05) is 13.8 Å². The molecule has 0 amide bonds. The topological polar surface area (TPSA) is 24.5 Å². The van der Waals surface area contributed by atoms with Crippen molar-refractivity contribution in [1.29, 1.82) is 0 Å². The second-order valence-corrected chi connectivity index (χ2v) is 4.47. The van der Waals surface area contributed by atoms with Gasteiger partial charge in [0.25, 0.3) is 0 Å². The number of hydrogen-bond acceptors (Lipinski definition) is 3. The van der Waals surface area contributed by atoms with Gasteiger partial charge in [0.1, 0.15) is 0 Å². The second-order valence-electron chi connectivity index (χ2n) is 4.47. The summed E-state index contributed by atoms with van der Waals surface area (Å²) in [5.74, 6) is 1.52. The van der Waals surface area contributed by atoms with Crippen LogP contribution in [-0.4, -0.2) is 51.3 Å². The summed E-state index contributed by atoms with van der Waals surface area (Å²) in [5.41, 5.74) is 0. The lowest BCUT2D eigenvalue weighted by Gasteiger charge is -2.32. The van der Waals surface area contributed by atoms with E-state index in [2.05, 4.69) is 24.1 Å². The van der Waals surface area contributed by atoms with E-state index in [0.717, 1.165) is 44.7 Å². The molecule has 0 bridgehead atoms. The van der Waals surface area contributed by atoms with Crippen LogP contribution in [0.1, 0.15) is 13.8 Å². The maximum Gasteiger partial charge on any atom is 0.0594 e. The van der Waals surface area contributed by atoms with Crippen LogP contribution in [0.5, 0.6) is 0 Å². The van der Waals surface area contributed by atoms with Crippen LogP contribution in [0.25, 0.3) is 0 Å². The lowest BCUT2D eigenvalue weighted by molar-refractivity contribution is 0.0273. The summed E-state index contributed by atoms with van der Waals surface area (Å²) in [7, 11) is 2.04. The highest BCUT2D eigenvalue weighted by Crippen LogP contribution is 2.12. The average molecular weight is 200 g/mol. The molecule has 1 N–H and O–H groups in total. The molecule has 84 valence electrons. The van der Waals surface area contributed by atoms with Crippen LogP contribution in [-0.2, 0) is 4.74 Å². The highest BCUT2D eigenvalue weighted by molar-refractivity contribution is 4.72. The summed E-state index contributed by atoms with van der Waals surface area (Å²) in [6, 6.07) is 0. The smallest absolute Gasteiger partial charge is 0.0594 e. The average Bonchev–Trinajstić information content (AvgIpc) is 2.18. The Bertz CT molecular complexity index is 144. The second kappa shape index (κ2) is 6.38. The van der Waals surface area contributed by atoms with Crippen LogP contribution in [0, 0.1) is 11.8 Å². The van der Waals surface area contributed by atoms with Gasteiger partial charge in [-0.05, 0) is 25.4 Å². The van der Waals surface area contributed by atoms with E-state index in [1.165, 1.54) is 6.54 Å². The monoisotopic (exact) mass is 200 g/mol. The van der Waals surface area contributed by atoms with E-state index in [-0.39, 0.29) is 0 Å². The molecule has 1 heterocycles. The molecule has 1 aliphatic rings. The van der Waals surface area contributed by atoms with Crippen molar-refractivity contribution < 1.29 is 4.74 Å². The van der Waals surface area contributed by atoms with E-state index in [1.54, 1.807) is 0 Å². The Hall–Kier alpha value is -0.120. The van der Waals surface area contributed by atoms with Gasteiger partial charge in [0, 0.05) is 19.6 Å². The molecule has 0 spiro atoms. The maximum absolute atomic E-state index is 5.34. The maximum atomic E-state index is 5.34. The normalized spacial score (nSPS) is 21.4. The van der Waals surface area contributed by atoms with Crippen molar-refractivity contribution in [3.63, 3.8) is 0 Å². The molecule has 0 aromatic carbocycles. The van der Waals surface area contributed by atoms with E-state index >= 15 is 0 Å². The number of morpholine rings is 1. The van der Waals surface area contributed by atoms with Crippen LogP contribution in [0.4, 0.5) is 0 Å². The van der Waals surface area contributed by atoms with Gasteiger partial charge in [-0.3, -0.25) is 4.90 Å². The minimum atomic E-state index is 0.755. The zero-order valence-corrected chi connectivity index (χ0v) is 9.75. The first kappa shape index (κ1) is 12.0. The van der Waals surface area contributed by atoms with Gasteiger partial charge in [-0.25, -0.2) is 0 Å². The molecule has 1 unspecified atom stereocenters. The first-order chi connectivity index (χ1) is 6.74. The fourth-order valence-electron chi connectivity index (χ4n) is 1.89. The third kappa shape index (κ3) is 3.95. The van der Waals surface area contributed by atoms with Crippen molar-refractivity contribution >= 4 is 0 Å². The summed E-state index contributed by atoms with van der Waals surface area (Å²) >= 11 is 0. The van der Waals surface area contributed by atoms with E-state index < -0.39 is 0 Å². The number of nitrogens with zero attached hydrogens (tertiary/aromatic N) is 1. The number of hydrogen-bond donors (Lipinski definition) is 1. The van der Waals surface area contributed by atoms with Crippen LogP contribution in [0.2, 0.25) is 0 Å². The molecule has 3 heteroatoms. The zero-order chi connectivity index (χ0) is 10.4. The highest BCUT2D eigenvalue weighted by Gasteiger charge is 2.18. The van der Waals surface area contributed by atoms with Gasteiger partial charge < -0.3 is 10.1 Å². The summed E-state index contributed by atoms with van der Waals surface area (Å²) < 4.78 is 5.34. The van der Waals surface area contributed by atoms with Crippen molar-refractivity contribution in [1.82, 2.24) is 10.2 Å². The van der Waals surface area contributed by atoms with Crippen LogP contribution in [0.3, 0.4) is 0 Å². The summed E-state index contributed by atoms with van der Waals surface area (Å²) in [5, 5.41) is 3.28. The quantitative estimate of drug-likeness (QED) is 0.711. The van der Waals surface area contributed by atoms with Crippen molar-refractivity contribution in [3.8, 4) is 0 Å². The Morgan fingerprint density at radius 3 is 2.43 bits per heavy atom. The van der Waals surface area contributed by atoms with Gasteiger partial charge in [0.05, 0.1) is 13.2 Å². The standard InChI is InChI=1S/C11H24N2O/c1-10(2)11(8-12-3)9-13-4-6-14-7-5-13/h10-12H,4-9H2,1-3H3. The van der Waals surface area contributed by atoms with Gasteiger partial charge in [-0.15, -0.1) is 0 Å². The van der Waals surface area contributed by atoms with Gasteiger partial charge in [0.2, 0.25) is 0 Å². The van der Waals surface area contributed by atoms with Gasteiger partial charge in [0.15, 0.2) is 0 Å². The number of nitrogens with one attached hydrogen (secondary N) is 1. The lowest BCUT2D eigenvalue weighted by Crippen LogP contribution is -2.42. The van der Waals surface area contributed by atoms with E-state index in [4.69, 9.17) is 4.74 Å². The summed E-state index contributed by atoms with van der Waals surface area (Å²) in [6.07, 6.45) is 0. The lowest BCUT2D eigenvalue weighted by atomic mass is 9.95. The third-order valence-electron chi connectivity index (χ3n) is 3.01. The van der Waals surface area contributed by atoms with Crippen LogP contribution < -0.4 is 5.32 Å². The first-order valence-electron chi connectivity index (χ1n) is 5.68. The zero-order valence-electron chi connectivity index (χ0n) is 9.75. The van der Waals surface area contributed by atoms with Gasteiger partial charge >= 0.3 is 0 Å². The molecular formula is C11H24N2O. The molecular weight excluding hydrogens is 176 g/mol. The Morgan fingerprint density at radius 2 is 1.93 bits per heavy atom. The molecule has 1 aliphatic heterocycles. The minimum absolute atomic E-state index is 0.755. The van der Waals surface area contributed by atoms with E-state index in [0.29, 0.717) is 0 Å². The molecule has 1 atom stereocenters. The van der Waals surface area contributed by atoms with Crippen molar-refractivity contribution in [2.45, 2.75) is 13.8 Å². The molecule has 0 aliphatic carbocycles. The fourth-order valence-corrected chi connectivity index (χ4v) is 1.89. The minimum Gasteiger partial charge on any atom is -0.379 e. The van der Waals surface area contributed by atoms with Crippen molar-refractivity contribution in [3.05, 3.63) is 0 Å².